The Bertz CT molecular complexity index is 1830. The number of nitrogens with zero attached hydrogens (tertiary/aromatic N) is 5. The van der Waals surface area contributed by atoms with Crippen molar-refractivity contribution in [3.05, 3.63) is 59.0 Å². The molecule has 1 fully saturated rings. The normalized spacial score (nSPS) is 16.3. The summed E-state index contributed by atoms with van der Waals surface area (Å²) in [6, 6.07) is 4.28. The largest absolute Gasteiger partial charge is 0.496 e. The third kappa shape index (κ3) is 7.27. The molecule has 4 aromatic rings. The van der Waals surface area contributed by atoms with Gasteiger partial charge in [0.15, 0.2) is 17.5 Å². The van der Waals surface area contributed by atoms with Crippen LogP contribution in [0.15, 0.2) is 36.7 Å². The van der Waals surface area contributed by atoms with Gasteiger partial charge in [0.1, 0.15) is 22.6 Å². The number of fused-ring (bicyclic) bond motifs is 1. The SMILES string of the molecule is COCCn1ncc2c(N3C[C@@H](NC(=O)OC(C)(C)C)C[C@H]3CO)c(NC(=O)c3ccnc(-c4c(OC)ccc(Cl)c4F)n3)cc(F)c21. The predicted octanol–water partition coefficient (Wildman–Crippen LogP) is 4.80. The van der Waals surface area contributed by atoms with Gasteiger partial charge in [-0.05, 0) is 45.4 Å². The summed E-state index contributed by atoms with van der Waals surface area (Å²) in [7, 11) is 2.86. The number of hydrogen-bond donors (Lipinski definition) is 3. The molecular formula is C32H36ClF2N7O6. The third-order valence-corrected chi connectivity index (χ3v) is 7.92. The van der Waals surface area contributed by atoms with Crippen molar-refractivity contribution in [2.75, 3.05) is 44.2 Å². The van der Waals surface area contributed by atoms with E-state index in [1.807, 2.05) is 0 Å². The number of aliphatic hydroxyl groups is 1. The van der Waals surface area contributed by atoms with Gasteiger partial charge in [-0.1, -0.05) is 11.6 Å². The molecular weight excluding hydrogens is 652 g/mol. The van der Waals surface area contributed by atoms with Gasteiger partial charge in [-0.3, -0.25) is 9.48 Å². The number of ether oxygens (including phenoxy) is 3. The Hall–Kier alpha value is -4.60. The third-order valence-electron chi connectivity index (χ3n) is 7.62. The quantitative estimate of drug-likeness (QED) is 0.212. The van der Waals surface area contributed by atoms with Crippen LogP contribution in [0.25, 0.3) is 22.3 Å². The lowest BCUT2D eigenvalue weighted by Crippen LogP contribution is -2.40. The van der Waals surface area contributed by atoms with Gasteiger partial charge >= 0.3 is 6.09 Å². The first kappa shape index (κ1) is 34.7. The zero-order valence-electron chi connectivity index (χ0n) is 27.0. The maximum absolute atomic E-state index is 15.8. The summed E-state index contributed by atoms with van der Waals surface area (Å²) < 4.78 is 48.2. The van der Waals surface area contributed by atoms with Crippen LogP contribution in [0, 0.1) is 11.6 Å². The van der Waals surface area contributed by atoms with E-state index in [9.17, 15) is 14.7 Å². The number of halogens is 3. The Labute approximate surface area is 280 Å². The van der Waals surface area contributed by atoms with Crippen molar-refractivity contribution in [2.45, 2.75) is 51.4 Å². The van der Waals surface area contributed by atoms with Crippen LogP contribution in [0.2, 0.25) is 5.02 Å². The zero-order chi connectivity index (χ0) is 34.7. The van der Waals surface area contributed by atoms with Crippen LogP contribution in [0.4, 0.5) is 25.0 Å². The molecule has 1 aliphatic rings. The number of methoxy groups -OCH3 is 2. The predicted molar refractivity (Wildman–Crippen MR) is 175 cm³/mol. The number of carbonyl (C=O) groups is 2. The number of hydrogen-bond acceptors (Lipinski definition) is 10. The first-order valence-electron chi connectivity index (χ1n) is 15.1. The van der Waals surface area contributed by atoms with E-state index in [1.54, 1.807) is 25.7 Å². The van der Waals surface area contributed by atoms with Gasteiger partial charge in [0, 0.05) is 31.3 Å². The van der Waals surface area contributed by atoms with Crippen LogP contribution in [0.3, 0.4) is 0 Å². The first-order valence-corrected chi connectivity index (χ1v) is 15.4. The van der Waals surface area contributed by atoms with Crippen LogP contribution < -0.4 is 20.3 Å². The minimum absolute atomic E-state index is 0.0549. The minimum Gasteiger partial charge on any atom is -0.496 e. The molecule has 1 saturated heterocycles. The van der Waals surface area contributed by atoms with Crippen molar-refractivity contribution in [2.24, 2.45) is 0 Å². The van der Waals surface area contributed by atoms with E-state index < -0.39 is 41.3 Å². The molecule has 0 radical (unpaired) electrons. The summed E-state index contributed by atoms with van der Waals surface area (Å²) in [6.07, 6.45) is 2.46. The molecule has 0 aliphatic carbocycles. The number of nitrogens with one attached hydrogen (secondary N) is 2. The van der Waals surface area contributed by atoms with Gasteiger partial charge in [0.25, 0.3) is 5.91 Å². The molecule has 3 N–H and O–H groups in total. The molecule has 0 unspecified atom stereocenters. The fourth-order valence-corrected chi connectivity index (χ4v) is 5.77. The van der Waals surface area contributed by atoms with E-state index in [4.69, 9.17) is 25.8 Å². The maximum atomic E-state index is 15.8. The fourth-order valence-electron chi connectivity index (χ4n) is 5.62. The molecule has 256 valence electrons. The number of aliphatic hydroxyl groups excluding tert-OH is 1. The summed E-state index contributed by atoms with van der Waals surface area (Å²) in [5.74, 6) is -2.30. The topological polar surface area (TPSA) is 153 Å². The fraction of sp³-hybridized carbons (Fsp3) is 0.406. The van der Waals surface area contributed by atoms with Crippen molar-refractivity contribution < 1.29 is 37.7 Å². The molecule has 0 saturated carbocycles. The zero-order valence-corrected chi connectivity index (χ0v) is 27.8. The monoisotopic (exact) mass is 687 g/mol. The second-order valence-corrected chi connectivity index (χ2v) is 12.5. The number of rotatable bonds is 10. The van der Waals surface area contributed by atoms with Crippen LogP contribution in [0.5, 0.6) is 5.75 Å². The Balaban J connectivity index is 1.54. The summed E-state index contributed by atoms with van der Waals surface area (Å²) in [5.41, 5.74) is -0.433. The van der Waals surface area contributed by atoms with Gasteiger partial charge in [0.05, 0.1) is 67.1 Å². The average Bonchev–Trinajstić information content (AvgIpc) is 3.64. The first-order chi connectivity index (χ1) is 22.8. The van der Waals surface area contributed by atoms with Gasteiger partial charge in [-0.15, -0.1) is 0 Å². The van der Waals surface area contributed by atoms with Crippen LogP contribution in [-0.4, -0.2) is 88.5 Å². The molecule has 2 atom stereocenters. The van der Waals surface area contributed by atoms with E-state index >= 15 is 8.78 Å². The Morgan fingerprint density at radius 1 is 1.19 bits per heavy atom. The molecule has 0 bridgehead atoms. The number of carbonyl (C=O) groups excluding carboxylic acids is 2. The second-order valence-electron chi connectivity index (χ2n) is 12.1. The summed E-state index contributed by atoms with van der Waals surface area (Å²) in [6.45, 7) is 5.65. The number of alkyl carbamates (subject to hydrolysis) is 1. The van der Waals surface area contributed by atoms with Gasteiger partial charge in [-0.2, -0.15) is 5.10 Å². The van der Waals surface area contributed by atoms with Crippen molar-refractivity contribution >= 4 is 45.9 Å². The van der Waals surface area contributed by atoms with Crippen molar-refractivity contribution in [3.63, 3.8) is 0 Å². The van der Waals surface area contributed by atoms with E-state index in [0.29, 0.717) is 17.5 Å². The van der Waals surface area contributed by atoms with Crippen LogP contribution in [0.1, 0.15) is 37.7 Å². The molecule has 1 aliphatic heterocycles. The van der Waals surface area contributed by atoms with Crippen molar-refractivity contribution in [3.8, 4) is 17.1 Å². The van der Waals surface area contributed by atoms with Gasteiger partial charge in [-0.25, -0.2) is 23.5 Å². The van der Waals surface area contributed by atoms with E-state index in [2.05, 4.69) is 25.7 Å². The van der Waals surface area contributed by atoms with Crippen molar-refractivity contribution in [1.82, 2.24) is 25.1 Å². The molecule has 3 heterocycles. The summed E-state index contributed by atoms with van der Waals surface area (Å²) in [4.78, 5) is 36.5. The summed E-state index contributed by atoms with van der Waals surface area (Å²) >= 11 is 6.00. The highest BCUT2D eigenvalue weighted by atomic mass is 35.5. The second kappa shape index (κ2) is 14.3. The lowest BCUT2D eigenvalue weighted by atomic mass is 10.1. The lowest BCUT2D eigenvalue weighted by Gasteiger charge is -2.28. The molecule has 16 heteroatoms. The van der Waals surface area contributed by atoms with E-state index in [-0.39, 0.29) is 65.4 Å². The number of benzene rings is 2. The standard InChI is InChI=1S/C32H36ClF2N7O6/c1-32(2,3)48-31(45)38-17-12-18(16-43)41(15-17)28-19-14-37-42(10-11-46-4)27(19)21(34)13-23(28)40-30(44)22-8-9-36-29(39-22)25-24(47-5)7-6-20(33)26(25)35/h6-9,13-14,17-18,43H,10-12,15-16H2,1-5H3,(H,38,45)(H,40,44)/t17-,18-/m0/s1. The Kier molecular flexibility index (Phi) is 10.3. The molecule has 2 amide bonds. The Morgan fingerprint density at radius 3 is 2.65 bits per heavy atom. The molecule has 48 heavy (non-hydrogen) atoms. The molecule has 0 spiro atoms. The highest BCUT2D eigenvalue weighted by Gasteiger charge is 2.37. The Morgan fingerprint density at radius 2 is 1.96 bits per heavy atom. The minimum atomic E-state index is -0.826. The number of anilines is 2. The van der Waals surface area contributed by atoms with E-state index in [0.717, 1.165) is 6.07 Å². The lowest BCUT2D eigenvalue weighted by molar-refractivity contribution is 0.0507. The van der Waals surface area contributed by atoms with Crippen LogP contribution in [-0.2, 0) is 16.0 Å². The number of amides is 2. The molecule has 5 rings (SSSR count). The highest BCUT2D eigenvalue weighted by molar-refractivity contribution is 6.31. The van der Waals surface area contributed by atoms with E-state index in [1.165, 1.54) is 49.5 Å². The molecule has 2 aromatic heterocycles. The summed E-state index contributed by atoms with van der Waals surface area (Å²) in [5, 5.41) is 20.5. The molecule has 13 nitrogen and oxygen atoms in total. The van der Waals surface area contributed by atoms with Gasteiger partial charge in [0.2, 0.25) is 0 Å². The smallest absolute Gasteiger partial charge is 0.407 e. The number of aromatic nitrogens is 4. The van der Waals surface area contributed by atoms with Crippen LogP contribution >= 0.6 is 11.6 Å². The molecule has 2 aromatic carbocycles. The van der Waals surface area contributed by atoms with Gasteiger partial charge < -0.3 is 34.9 Å². The average molecular weight is 688 g/mol. The highest BCUT2D eigenvalue weighted by Crippen LogP contribution is 2.41. The maximum Gasteiger partial charge on any atom is 0.407 e. The van der Waals surface area contributed by atoms with Crippen molar-refractivity contribution in [1.29, 1.82) is 0 Å².